The first-order valence-corrected chi connectivity index (χ1v) is 6.12. The fourth-order valence-electron chi connectivity index (χ4n) is 1.91. The van der Waals surface area contributed by atoms with E-state index in [1.54, 1.807) is 9.36 Å². The van der Waals surface area contributed by atoms with Crippen LogP contribution in [0.3, 0.4) is 0 Å². The molecule has 2 aromatic heterocycles. The number of aromatic nitrogens is 6. The molecule has 0 radical (unpaired) electrons. The highest BCUT2D eigenvalue weighted by atomic mass is 16.4. The highest BCUT2D eigenvalue weighted by Gasteiger charge is 2.15. The Morgan fingerprint density at radius 2 is 2.26 bits per heavy atom. The lowest BCUT2D eigenvalue weighted by molar-refractivity contribution is -0.137. The van der Waals surface area contributed by atoms with Crippen LogP contribution in [0.25, 0.3) is 11.4 Å². The molecule has 0 saturated carbocycles. The normalized spacial score (nSPS) is 10.8. The third-order valence-electron chi connectivity index (χ3n) is 2.77. The van der Waals surface area contributed by atoms with Crippen molar-refractivity contribution in [3.8, 4) is 11.4 Å². The Balaban J connectivity index is 2.20. The van der Waals surface area contributed by atoms with Crippen molar-refractivity contribution < 1.29 is 9.90 Å². The first-order valence-electron chi connectivity index (χ1n) is 6.12. The zero-order valence-corrected chi connectivity index (χ0v) is 10.9. The number of carboxylic acid groups (broad SMARTS) is 1. The molecule has 0 atom stereocenters. The standard InChI is InChI=1S/C11H16N6O2/c1-3-9-8(7-16(2)13-9)11-12-14-15-17(11)6-4-5-10(18)19/h7H,3-6H2,1-2H3,(H,18,19). The summed E-state index contributed by atoms with van der Waals surface area (Å²) in [6.07, 6.45) is 3.26. The summed E-state index contributed by atoms with van der Waals surface area (Å²) in [4.78, 5) is 10.5. The van der Waals surface area contributed by atoms with Gasteiger partial charge in [0.1, 0.15) is 0 Å². The fourth-order valence-corrected chi connectivity index (χ4v) is 1.91. The Morgan fingerprint density at radius 1 is 1.47 bits per heavy atom. The van der Waals surface area contributed by atoms with Crippen LogP contribution in [0.15, 0.2) is 6.20 Å². The van der Waals surface area contributed by atoms with Crippen molar-refractivity contribution in [2.75, 3.05) is 0 Å². The van der Waals surface area contributed by atoms with E-state index in [4.69, 9.17) is 5.11 Å². The van der Waals surface area contributed by atoms with Gasteiger partial charge in [0, 0.05) is 26.2 Å². The summed E-state index contributed by atoms with van der Waals surface area (Å²) >= 11 is 0. The van der Waals surface area contributed by atoms with Crippen LogP contribution in [0.4, 0.5) is 0 Å². The minimum absolute atomic E-state index is 0.104. The molecule has 0 aliphatic carbocycles. The van der Waals surface area contributed by atoms with Gasteiger partial charge >= 0.3 is 5.97 Å². The van der Waals surface area contributed by atoms with Crippen molar-refractivity contribution in [2.45, 2.75) is 32.7 Å². The molecular weight excluding hydrogens is 248 g/mol. The molecule has 0 aliphatic rings. The van der Waals surface area contributed by atoms with E-state index < -0.39 is 5.97 Å². The lowest BCUT2D eigenvalue weighted by Crippen LogP contribution is -2.06. The lowest BCUT2D eigenvalue weighted by atomic mass is 10.2. The SMILES string of the molecule is CCc1nn(C)cc1-c1nnnn1CCCC(=O)O. The molecule has 0 unspecified atom stereocenters. The molecule has 0 spiro atoms. The van der Waals surface area contributed by atoms with Gasteiger partial charge in [-0.2, -0.15) is 5.10 Å². The summed E-state index contributed by atoms with van der Waals surface area (Å²) in [5.74, 6) is -0.180. The molecule has 2 aromatic rings. The molecule has 0 fully saturated rings. The smallest absolute Gasteiger partial charge is 0.303 e. The number of aliphatic carboxylic acids is 1. The largest absolute Gasteiger partial charge is 0.481 e. The summed E-state index contributed by atoms with van der Waals surface area (Å²) in [5.41, 5.74) is 1.82. The monoisotopic (exact) mass is 264 g/mol. The van der Waals surface area contributed by atoms with Gasteiger partial charge < -0.3 is 5.11 Å². The predicted octanol–water partition coefficient (Wildman–Crippen LogP) is 0.501. The number of tetrazole rings is 1. The molecule has 0 saturated heterocycles. The zero-order valence-electron chi connectivity index (χ0n) is 10.9. The fraction of sp³-hybridized carbons (Fsp3) is 0.545. The number of carbonyl (C=O) groups is 1. The molecule has 102 valence electrons. The molecule has 8 nitrogen and oxygen atoms in total. The van der Waals surface area contributed by atoms with E-state index in [9.17, 15) is 4.79 Å². The summed E-state index contributed by atoms with van der Waals surface area (Å²) in [6, 6.07) is 0. The number of aryl methyl sites for hydroxylation is 3. The number of hydrogen-bond acceptors (Lipinski definition) is 5. The minimum Gasteiger partial charge on any atom is -0.481 e. The number of carboxylic acids is 1. The highest BCUT2D eigenvalue weighted by molar-refractivity contribution is 5.66. The maximum absolute atomic E-state index is 10.5. The van der Waals surface area contributed by atoms with Crippen molar-refractivity contribution in [3.05, 3.63) is 11.9 Å². The molecule has 0 bridgehead atoms. The summed E-state index contributed by atoms with van der Waals surface area (Å²) < 4.78 is 3.35. The molecule has 19 heavy (non-hydrogen) atoms. The third-order valence-corrected chi connectivity index (χ3v) is 2.77. The van der Waals surface area contributed by atoms with Gasteiger partial charge in [-0.05, 0) is 23.3 Å². The van der Waals surface area contributed by atoms with Crippen LogP contribution >= 0.6 is 0 Å². The van der Waals surface area contributed by atoms with Gasteiger partial charge in [-0.15, -0.1) is 5.10 Å². The number of rotatable bonds is 6. The van der Waals surface area contributed by atoms with Crippen LogP contribution < -0.4 is 0 Å². The maximum Gasteiger partial charge on any atom is 0.303 e. The average Bonchev–Trinajstić information content (AvgIpc) is 2.94. The number of nitrogens with zero attached hydrogens (tertiary/aromatic N) is 6. The van der Waals surface area contributed by atoms with Gasteiger partial charge in [-0.1, -0.05) is 6.92 Å². The van der Waals surface area contributed by atoms with E-state index in [2.05, 4.69) is 20.6 Å². The van der Waals surface area contributed by atoms with Crippen LogP contribution in [-0.2, 0) is 24.8 Å². The Kier molecular flexibility index (Phi) is 3.88. The van der Waals surface area contributed by atoms with E-state index >= 15 is 0 Å². The van der Waals surface area contributed by atoms with Crippen LogP contribution in [0, 0.1) is 0 Å². The van der Waals surface area contributed by atoms with Crippen LogP contribution in [0.1, 0.15) is 25.5 Å². The van der Waals surface area contributed by atoms with Gasteiger partial charge in [0.2, 0.25) is 0 Å². The zero-order chi connectivity index (χ0) is 13.8. The van der Waals surface area contributed by atoms with Crippen LogP contribution in [-0.4, -0.2) is 41.1 Å². The second-order valence-electron chi connectivity index (χ2n) is 4.24. The molecule has 2 heterocycles. The molecule has 1 N–H and O–H groups in total. The lowest BCUT2D eigenvalue weighted by Gasteiger charge is -2.02. The van der Waals surface area contributed by atoms with Crippen molar-refractivity contribution in [1.29, 1.82) is 0 Å². The summed E-state index contributed by atoms with van der Waals surface area (Å²) in [5, 5.41) is 24.6. The first-order chi connectivity index (χ1) is 9.11. The van der Waals surface area contributed by atoms with E-state index in [1.165, 1.54) is 0 Å². The van der Waals surface area contributed by atoms with E-state index in [-0.39, 0.29) is 6.42 Å². The van der Waals surface area contributed by atoms with Crippen LogP contribution in [0.2, 0.25) is 0 Å². The molecule has 2 rings (SSSR count). The number of hydrogen-bond donors (Lipinski definition) is 1. The Bertz CT molecular complexity index is 574. The summed E-state index contributed by atoms with van der Waals surface area (Å²) in [7, 11) is 1.85. The average molecular weight is 264 g/mol. The molecule has 0 aliphatic heterocycles. The van der Waals surface area contributed by atoms with E-state index in [0.717, 1.165) is 17.7 Å². The minimum atomic E-state index is -0.815. The quantitative estimate of drug-likeness (QED) is 0.815. The Hall–Kier alpha value is -2.25. The van der Waals surface area contributed by atoms with E-state index in [0.29, 0.717) is 18.8 Å². The Morgan fingerprint density at radius 3 is 2.95 bits per heavy atom. The van der Waals surface area contributed by atoms with Gasteiger partial charge in [-0.25, -0.2) is 4.68 Å². The topological polar surface area (TPSA) is 98.7 Å². The van der Waals surface area contributed by atoms with Crippen molar-refractivity contribution in [3.63, 3.8) is 0 Å². The first kappa shape index (κ1) is 13.2. The second kappa shape index (κ2) is 5.59. The molecular formula is C11H16N6O2. The van der Waals surface area contributed by atoms with Crippen molar-refractivity contribution in [1.82, 2.24) is 30.0 Å². The molecule has 0 aromatic carbocycles. The van der Waals surface area contributed by atoms with Crippen LogP contribution in [0.5, 0.6) is 0 Å². The van der Waals surface area contributed by atoms with E-state index in [1.807, 2.05) is 20.2 Å². The van der Waals surface area contributed by atoms with Gasteiger partial charge in [-0.3, -0.25) is 9.48 Å². The summed E-state index contributed by atoms with van der Waals surface area (Å²) in [6.45, 7) is 2.50. The van der Waals surface area contributed by atoms with Gasteiger partial charge in [0.25, 0.3) is 0 Å². The predicted molar refractivity (Wildman–Crippen MR) is 66.3 cm³/mol. The van der Waals surface area contributed by atoms with Crippen molar-refractivity contribution in [2.24, 2.45) is 7.05 Å². The maximum atomic E-state index is 10.5. The molecule has 0 amide bonds. The van der Waals surface area contributed by atoms with Gasteiger partial charge in [0.05, 0.1) is 11.3 Å². The Labute approximate surface area is 110 Å². The van der Waals surface area contributed by atoms with Gasteiger partial charge in [0.15, 0.2) is 5.82 Å². The second-order valence-corrected chi connectivity index (χ2v) is 4.24. The van der Waals surface area contributed by atoms with Crippen molar-refractivity contribution >= 4 is 5.97 Å². The third kappa shape index (κ3) is 2.95. The molecule has 8 heteroatoms. The highest BCUT2D eigenvalue weighted by Crippen LogP contribution is 2.20.